The van der Waals surface area contributed by atoms with Gasteiger partial charge in [-0.15, -0.1) is 0 Å². The first kappa shape index (κ1) is 27.9. The number of carbonyl (C=O) groups excluding carboxylic acids is 2. The van der Waals surface area contributed by atoms with Gasteiger partial charge in [0.05, 0.1) is 11.3 Å². The molecule has 1 N–H and O–H groups in total. The summed E-state index contributed by atoms with van der Waals surface area (Å²) in [6, 6.07) is 26.7. The molecule has 8 nitrogen and oxygen atoms in total. The van der Waals surface area contributed by atoms with E-state index in [1.54, 1.807) is 36.4 Å². The fourth-order valence-electron chi connectivity index (χ4n) is 4.29. The number of anilines is 1. The van der Waals surface area contributed by atoms with Crippen LogP contribution in [-0.2, 0) is 9.47 Å². The van der Waals surface area contributed by atoms with E-state index in [1.165, 1.54) is 20.3 Å². The fraction of sp³-hybridized carbons (Fsp3) is 0.125. The van der Waals surface area contributed by atoms with Gasteiger partial charge in [0.15, 0.2) is 19.3 Å². The van der Waals surface area contributed by atoms with Crippen LogP contribution in [0.1, 0.15) is 20.7 Å². The Bertz CT molecular complexity index is 1740. The van der Waals surface area contributed by atoms with E-state index in [9.17, 15) is 9.59 Å². The van der Waals surface area contributed by atoms with Gasteiger partial charge >= 0.3 is 5.97 Å². The van der Waals surface area contributed by atoms with E-state index >= 15 is 0 Å². The quantitative estimate of drug-likeness (QED) is 0.109. The molecule has 41 heavy (non-hydrogen) atoms. The van der Waals surface area contributed by atoms with Gasteiger partial charge in [0.2, 0.25) is 0 Å². The molecule has 208 valence electrons. The Morgan fingerprint density at radius 3 is 1.73 bits per heavy atom. The van der Waals surface area contributed by atoms with Gasteiger partial charge in [0.1, 0.15) is 17.1 Å². The molecule has 0 radical (unpaired) electrons. The van der Waals surface area contributed by atoms with Crippen molar-refractivity contribution in [2.75, 3.05) is 33.1 Å². The van der Waals surface area contributed by atoms with Crippen molar-refractivity contribution in [1.29, 1.82) is 0 Å². The van der Waals surface area contributed by atoms with E-state index in [2.05, 4.69) is 5.32 Å². The summed E-state index contributed by atoms with van der Waals surface area (Å²) in [5.74, 6) is -0.487. The van der Waals surface area contributed by atoms with Crippen molar-refractivity contribution < 1.29 is 33.3 Å². The van der Waals surface area contributed by atoms with Crippen molar-refractivity contribution in [3.63, 3.8) is 0 Å². The molecule has 0 bridgehead atoms. The highest BCUT2D eigenvalue weighted by Crippen LogP contribution is 2.33. The highest BCUT2D eigenvalue weighted by molar-refractivity contribution is 6.31. The van der Waals surface area contributed by atoms with E-state index in [-0.39, 0.29) is 36.1 Å². The third kappa shape index (κ3) is 6.41. The van der Waals surface area contributed by atoms with Crippen LogP contribution in [0.15, 0.2) is 91.0 Å². The molecule has 0 fully saturated rings. The first-order valence-corrected chi connectivity index (χ1v) is 13.0. The number of esters is 1. The molecule has 0 heterocycles. The lowest BCUT2D eigenvalue weighted by Crippen LogP contribution is -2.17. The van der Waals surface area contributed by atoms with Crippen LogP contribution < -0.4 is 19.5 Å². The Hall–Kier alpha value is -4.63. The number of methoxy groups -OCH3 is 2. The van der Waals surface area contributed by atoms with Gasteiger partial charge in [-0.3, -0.25) is 4.79 Å². The number of benzene rings is 5. The number of hydrogen-bond donors (Lipinski definition) is 1. The lowest BCUT2D eigenvalue weighted by molar-refractivity contribution is 0.0488. The predicted molar refractivity (Wildman–Crippen MR) is 157 cm³/mol. The predicted octanol–water partition coefficient (Wildman–Crippen LogP) is 7.08. The summed E-state index contributed by atoms with van der Waals surface area (Å²) in [4.78, 5) is 27.0. The molecular weight excluding hydrogens is 546 g/mol. The maximum Gasteiger partial charge on any atom is 0.347 e. The third-order valence-corrected chi connectivity index (χ3v) is 6.45. The van der Waals surface area contributed by atoms with Crippen LogP contribution in [0.5, 0.6) is 17.2 Å². The second-order valence-electron chi connectivity index (χ2n) is 8.98. The topological polar surface area (TPSA) is 92.3 Å². The van der Waals surface area contributed by atoms with Gasteiger partial charge in [0.25, 0.3) is 5.91 Å². The number of rotatable bonds is 10. The van der Waals surface area contributed by atoms with Gasteiger partial charge in [-0.1, -0.05) is 60.1 Å². The zero-order valence-electron chi connectivity index (χ0n) is 22.3. The van der Waals surface area contributed by atoms with Crippen LogP contribution in [0, 0.1) is 0 Å². The zero-order valence-corrected chi connectivity index (χ0v) is 23.1. The van der Waals surface area contributed by atoms with Gasteiger partial charge in [-0.25, -0.2) is 4.79 Å². The maximum absolute atomic E-state index is 13.5. The number of nitrogens with one attached hydrogen (secondary N) is 1. The van der Waals surface area contributed by atoms with Crippen LogP contribution in [0.4, 0.5) is 5.69 Å². The first-order chi connectivity index (χ1) is 20.0. The number of hydrogen-bond acceptors (Lipinski definition) is 7. The number of carbonyl (C=O) groups is 2. The standard InChI is InChI=1S/C32H26ClNO7/c1-37-18-39-28-15-22-9-5-3-7-20(22)13-25(28)31(35)34-27-12-11-24(33)17-30(27)41-32(36)26-14-21-8-4-6-10-23(21)16-29(26)40-19-38-2/h3-17H,18-19H2,1-2H3,(H,34,35). The Kier molecular flexibility index (Phi) is 8.64. The Morgan fingerprint density at radius 1 is 0.659 bits per heavy atom. The van der Waals surface area contributed by atoms with Crippen molar-refractivity contribution in [3.05, 3.63) is 107 Å². The van der Waals surface area contributed by atoms with Crippen LogP contribution in [-0.4, -0.2) is 39.7 Å². The molecule has 9 heteroatoms. The maximum atomic E-state index is 13.5. The number of amides is 1. The summed E-state index contributed by atoms with van der Waals surface area (Å²) in [5, 5.41) is 6.60. The molecule has 0 aliphatic rings. The molecule has 0 saturated carbocycles. The molecule has 0 unspecified atom stereocenters. The van der Waals surface area contributed by atoms with Crippen molar-refractivity contribution >= 4 is 50.7 Å². The van der Waals surface area contributed by atoms with Gasteiger partial charge in [0, 0.05) is 25.3 Å². The molecule has 5 rings (SSSR count). The largest absolute Gasteiger partial charge is 0.467 e. The molecule has 5 aromatic carbocycles. The highest BCUT2D eigenvalue weighted by Gasteiger charge is 2.21. The van der Waals surface area contributed by atoms with Crippen LogP contribution in [0.2, 0.25) is 5.02 Å². The SMILES string of the molecule is COCOc1cc2ccccc2cc1C(=O)Nc1ccc(Cl)cc1OC(=O)c1cc2ccccc2cc1OCOC. The molecular formula is C32H26ClNO7. The lowest BCUT2D eigenvalue weighted by Gasteiger charge is -2.16. The van der Waals surface area contributed by atoms with E-state index in [0.29, 0.717) is 16.5 Å². The lowest BCUT2D eigenvalue weighted by atomic mass is 10.1. The molecule has 0 saturated heterocycles. The normalized spacial score (nSPS) is 10.9. The fourth-order valence-corrected chi connectivity index (χ4v) is 4.45. The van der Waals surface area contributed by atoms with E-state index in [4.69, 9.17) is 35.3 Å². The zero-order chi connectivity index (χ0) is 28.8. The van der Waals surface area contributed by atoms with Gasteiger partial charge in [-0.2, -0.15) is 0 Å². The van der Waals surface area contributed by atoms with Crippen LogP contribution in [0.3, 0.4) is 0 Å². The minimum Gasteiger partial charge on any atom is -0.467 e. The average molecular weight is 572 g/mol. The summed E-state index contributed by atoms with van der Waals surface area (Å²) >= 11 is 6.25. The van der Waals surface area contributed by atoms with Gasteiger partial charge in [-0.05, 0) is 57.9 Å². The Balaban J connectivity index is 1.46. The second-order valence-corrected chi connectivity index (χ2v) is 9.41. The number of ether oxygens (including phenoxy) is 5. The smallest absolute Gasteiger partial charge is 0.347 e. The molecule has 0 aliphatic carbocycles. The molecule has 0 aliphatic heterocycles. The van der Waals surface area contributed by atoms with E-state index in [0.717, 1.165) is 21.5 Å². The van der Waals surface area contributed by atoms with Gasteiger partial charge < -0.3 is 29.0 Å². The summed E-state index contributed by atoms with van der Waals surface area (Å²) in [5.41, 5.74) is 0.694. The Morgan fingerprint density at radius 2 is 1.17 bits per heavy atom. The Labute approximate surface area is 241 Å². The summed E-state index contributed by atoms with van der Waals surface area (Å²) in [6.07, 6.45) is 0. The van der Waals surface area contributed by atoms with Crippen molar-refractivity contribution in [2.45, 2.75) is 0 Å². The number of fused-ring (bicyclic) bond motifs is 2. The molecule has 0 aromatic heterocycles. The molecule has 0 spiro atoms. The van der Waals surface area contributed by atoms with E-state index < -0.39 is 11.9 Å². The van der Waals surface area contributed by atoms with Crippen molar-refractivity contribution in [2.24, 2.45) is 0 Å². The third-order valence-electron chi connectivity index (χ3n) is 6.22. The summed E-state index contributed by atoms with van der Waals surface area (Å²) in [6.45, 7) is -0.0992. The highest BCUT2D eigenvalue weighted by atomic mass is 35.5. The van der Waals surface area contributed by atoms with Crippen molar-refractivity contribution in [1.82, 2.24) is 0 Å². The summed E-state index contributed by atoms with van der Waals surface area (Å²) < 4.78 is 27.2. The molecule has 0 atom stereocenters. The van der Waals surface area contributed by atoms with Crippen molar-refractivity contribution in [3.8, 4) is 17.2 Å². The van der Waals surface area contributed by atoms with E-state index in [1.807, 2.05) is 48.5 Å². The molecule has 1 amide bonds. The first-order valence-electron chi connectivity index (χ1n) is 12.6. The second kappa shape index (κ2) is 12.7. The minimum atomic E-state index is -0.700. The average Bonchev–Trinajstić information content (AvgIpc) is 2.99. The monoisotopic (exact) mass is 571 g/mol. The van der Waals surface area contributed by atoms with Crippen LogP contribution >= 0.6 is 11.6 Å². The molecule has 5 aromatic rings. The number of halogens is 1. The summed E-state index contributed by atoms with van der Waals surface area (Å²) in [7, 11) is 2.98. The van der Waals surface area contributed by atoms with Crippen LogP contribution in [0.25, 0.3) is 21.5 Å². The minimum absolute atomic E-state index is 0.0400.